The van der Waals surface area contributed by atoms with Crippen molar-refractivity contribution in [3.63, 3.8) is 0 Å². The average molecular weight is 226 g/mol. The van der Waals surface area contributed by atoms with Gasteiger partial charge in [-0.1, -0.05) is 30.3 Å². The van der Waals surface area contributed by atoms with Gasteiger partial charge in [-0.15, -0.1) is 4.91 Å². The summed E-state index contributed by atoms with van der Waals surface area (Å²) in [6.07, 6.45) is 0.705. The van der Waals surface area contributed by atoms with Crippen molar-refractivity contribution in [3.05, 3.63) is 65.1 Å². The predicted octanol–water partition coefficient (Wildman–Crippen LogP) is 3.32. The van der Waals surface area contributed by atoms with E-state index in [-0.39, 0.29) is 0 Å². The van der Waals surface area contributed by atoms with E-state index in [0.717, 1.165) is 0 Å². The topological polar surface area (TPSA) is 49.7 Å². The van der Waals surface area contributed by atoms with Crippen LogP contribution in [0.1, 0.15) is 10.4 Å². The maximum Gasteiger partial charge on any atom is 0.152 e. The van der Waals surface area contributed by atoms with Crippen molar-refractivity contribution in [1.82, 2.24) is 0 Å². The summed E-state index contributed by atoms with van der Waals surface area (Å²) in [7, 11) is 0. The fourth-order valence-corrected chi connectivity index (χ4v) is 1.58. The lowest BCUT2D eigenvalue weighted by Gasteiger charge is -2.16. The van der Waals surface area contributed by atoms with Crippen LogP contribution in [-0.4, -0.2) is 6.29 Å². The Morgan fingerprint density at radius 2 is 1.59 bits per heavy atom. The lowest BCUT2D eigenvalue weighted by molar-refractivity contribution is 0.112. The second-order valence-corrected chi connectivity index (χ2v) is 3.41. The maximum atomic E-state index is 10.9. The molecule has 0 saturated carbocycles. The van der Waals surface area contributed by atoms with E-state index in [0.29, 0.717) is 23.2 Å². The van der Waals surface area contributed by atoms with Gasteiger partial charge < -0.3 is 0 Å². The van der Waals surface area contributed by atoms with Crippen molar-refractivity contribution >= 4 is 17.7 Å². The molecule has 0 saturated heterocycles. The van der Waals surface area contributed by atoms with Crippen molar-refractivity contribution in [2.24, 2.45) is 5.29 Å². The zero-order valence-corrected chi connectivity index (χ0v) is 8.98. The SMILES string of the molecule is O=Cc1ccccc1N(N=O)c1ccccc1. The summed E-state index contributed by atoms with van der Waals surface area (Å²) in [6, 6.07) is 15.8. The average Bonchev–Trinajstić information content (AvgIpc) is 2.41. The van der Waals surface area contributed by atoms with E-state index in [1.807, 2.05) is 6.07 Å². The summed E-state index contributed by atoms with van der Waals surface area (Å²) in [6.45, 7) is 0. The summed E-state index contributed by atoms with van der Waals surface area (Å²) in [5, 5.41) is 4.16. The predicted molar refractivity (Wildman–Crippen MR) is 66.2 cm³/mol. The molecule has 17 heavy (non-hydrogen) atoms. The number of carbonyl (C=O) groups is 1. The first kappa shape index (κ1) is 11.0. The Kier molecular flexibility index (Phi) is 3.25. The minimum Gasteiger partial charge on any atom is -0.298 e. The molecular weight excluding hydrogens is 216 g/mol. The number of hydrogen-bond donors (Lipinski definition) is 0. The third kappa shape index (κ3) is 2.20. The fourth-order valence-electron chi connectivity index (χ4n) is 1.58. The highest BCUT2D eigenvalue weighted by molar-refractivity contribution is 5.86. The highest BCUT2D eigenvalue weighted by atomic mass is 16.3. The third-order valence-corrected chi connectivity index (χ3v) is 2.37. The summed E-state index contributed by atoms with van der Waals surface area (Å²) >= 11 is 0. The zero-order valence-electron chi connectivity index (χ0n) is 8.98. The Bertz CT molecular complexity index is 526. The first-order valence-corrected chi connectivity index (χ1v) is 5.09. The first-order chi connectivity index (χ1) is 8.36. The molecule has 0 spiro atoms. The smallest absolute Gasteiger partial charge is 0.152 e. The van der Waals surface area contributed by atoms with E-state index in [1.165, 1.54) is 5.01 Å². The van der Waals surface area contributed by atoms with E-state index in [4.69, 9.17) is 0 Å². The van der Waals surface area contributed by atoms with Gasteiger partial charge in [0.05, 0.1) is 16.7 Å². The lowest BCUT2D eigenvalue weighted by Crippen LogP contribution is -2.09. The number of carbonyl (C=O) groups excluding carboxylic acids is 1. The summed E-state index contributed by atoms with van der Waals surface area (Å²) in [5.74, 6) is 0. The quantitative estimate of drug-likeness (QED) is 0.456. The largest absolute Gasteiger partial charge is 0.298 e. The third-order valence-electron chi connectivity index (χ3n) is 2.37. The van der Waals surface area contributed by atoms with Crippen molar-refractivity contribution < 1.29 is 4.79 Å². The number of nitroso groups, excluding NO2 is 1. The lowest BCUT2D eigenvalue weighted by atomic mass is 10.2. The van der Waals surface area contributed by atoms with Gasteiger partial charge >= 0.3 is 0 Å². The number of nitrogens with zero attached hydrogens (tertiary/aromatic N) is 2. The van der Waals surface area contributed by atoms with Crippen LogP contribution in [-0.2, 0) is 0 Å². The molecule has 0 fully saturated rings. The number of rotatable bonds is 4. The van der Waals surface area contributed by atoms with Gasteiger partial charge in [-0.25, -0.2) is 0 Å². The van der Waals surface area contributed by atoms with E-state index in [1.54, 1.807) is 48.5 Å². The molecule has 2 aromatic rings. The van der Waals surface area contributed by atoms with Gasteiger partial charge in [0.2, 0.25) is 0 Å². The normalized spacial score (nSPS) is 9.65. The van der Waals surface area contributed by atoms with E-state index in [9.17, 15) is 9.70 Å². The monoisotopic (exact) mass is 226 g/mol. The van der Waals surface area contributed by atoms with Crippen molar-refractivity contribution in [3.8, 4) is 0 Å². The first-order valence-electron chi connectivity index (χ1n) is 5.09. The standard InChI is InChI=1S/C13H10N2O2/c16-10-11-6-4-5-9-13(11)15(14-17)12-7-2-1-3-8-12/h1-10H. The molecule has 84 valence electrons. The number of aldehydes is 1. The Labute approximate surface area is 98.4 Å². The van der Waals surface area contributed by atoms with E-state index < -0.39 is 0 Å². The van der Waals surface area contributed by atoms with Gasteiger partial charge in [0.25, 0.3) is 0 Å². The van der Waals surface area contributed by atoms with Crippen LogP contribution in [0.3, 0.4) is 0 Å². The summed E-state index contributed by atoms with van der Waals surface area (Å²) in [5.41, 5.74) is 1.52. The minimum atomic E-state index is 0.427. The molecule has 4 heteroatoms. The Hall–Kier alpha value is -2.49. The van der Waals surface area contributed by atoms with Gasteiger partial charge in [-0.3, -0.25) is 4.79 Å². The molecule has 0 atom stereocenters. The highest BCUT2D eigenvalue weighted by Crippen LogP contribution is 2.27. The summed E-state index contributed by atoms with van der Waals surface area (Å²) in [4.78, 5) is 21.8. The molecule has 0 aliphatic carbocycles. The second kappa shape index (κ2) is 5.03. The molecule has 4 nitrogen and oxygen atoms in total. The van der Waals surface area contributed by atoms with Gasteiger partial charge in [-0.2, -0.15) is 5.01 Å². The van der Waals surface area contributed by atoms with Crippen LogP contribution in [0.15, 0.2) is 59.9 Å². The van der Waals surface area contributed by atoms with Crippen LogP contribution in [0.2, 0.25) is 0 Å². The maximum absolute atomic E-state index is 10.9. The number of benzene rings is 2. The minimum absolute atomic E-state index is 0.427. The van der Waals surface area contributed by atoms with Crippen LogP contribution in [0.5, 0.6) is 0 Å². The number of hydrogen-bond acceptors (Lipinski definition) is 3. The van der Waals surface area contributed by atoms with Crippen molar-refractivity contribution in [1.29, 1.82) is 0 Å². The molecule has 0 N–H and O–H groups in total. The molecule has 0 aromatic heterocycles. The number of anilines is 2. The molecule has 0 heterocycles. The Balaban J connectivity index is 2.49. The van der Waals surface area contributed by atoms with Crippen LogP contribution in [0, 0.1) is 4.91 Å². The zero-order chi connectivity index (χ0) is 12.1. The van der Waals surface area contributed by atoms with Gasteiger partial charge in [0.1, 0.15) is 0 Å². The molecule has 0 aliphatic rings. The van der Waals surface area contributed by atoms with E-state index in [2.05, 4.69) is 5.29 Å². The number of para-hydroxylation sites is 2. The van der Waals surface area contributed by atoms with Crippen LogP contribution >= 0.6 is 0 Å². The summed E-state index contributed by atoms with van der Waals surface area (Å²) < 4.78 is 0. The molecule has 0 amide bonds. The second-order valence-electron chi connectivity index (χ2n) is 3.41. The van der Waals surface area contributed by atoms with E-state index >= 15 is 0 Å². The Morgan fingerprint density at radius 1 is 0.941 bits per heavy atom. The van der Waals surface area contributed by atoms with Gasteiger partial charge in [-0.05, 0) is 24.3 Å². The molecule has 0 bridgehead atoms. The van der Waals surface area contributed by atoms with Gasteiger partial charge in [0.15, 0.2) is 6.29 Å². The fraction of sp³-hybridized carbons (Fsp3) is 0. The Morgan fingerprint density at radius 3 is 2.24 bits per heavy atom. The van der Waals surface area contributed by atoms with Gasteiger partial charge in [0, 0.05) is 5.56 Å². The molecule has 0 radical (unpaired) electrons. The highest BCUT2D eigenvalue weighted by Gasteiger charge is 2.12. The molecule has 0 aliphatic heterocycles. The van der Waals surface area contributed by atoms with Crippen molar-refractivity contribution in [2.45, 2.75) is 0 Å². The van der Waals surface area contributed by atoms with Crippen LogP contribution in [0.25, 0.3) is 0 Å². The molecule has 2 rings (SSSR count). The van der Waals surface area contributed by atoms with Crippen molar-refractivity contribution in [2.75, 3.05) is 5.01 Å². The molecule has 2 aromatic carbocycles. The van der Waals surface area contributed by atoms with Crippen LogP contribution in [0.4, 0.5) is 11.4 Å². The van der Waals surface area contributed by atoms with Crippen LogP contribution < -0.4 is 5.01 Å². The molecule has 0 unspecified atom stereocenters. The molecular formula is C13H10N2O2.